The Balaban J connectivity index is 2.89. The Hall–Kier alpha value is -1.71. The summed E-state index contributed by atoms with van der Waals surface area (Å²) in [5.74, 6) is -1.60. The van der Waals surface area contributed by atoms with E-state index in [-0.39, 0.29) is 5.57 Å². The van der Waals surface area contributed by atoms with Crippen molar-refractivity contribution in [2.24, 2.45) is 0 Å². The van der Waals surface area contributed by atoms with Gasteiger partial charge in [-0.1, -0.05) is 6.08 Å². The zero-order chi connectivity index (χ0) is 9.14. The lowest BCUT2D eigenvalue weighted by atomic mass is 10.1. The van der Waals surface area contributed by atoms with Gasteiger partial charge in [0.1, 0.15) is 0 Å². The number of hydrogen-bond donors (Lipinski definition) is 1. The monoisotopic (exact) mass is 165 g/mol. The molecule has 0 saturated heterocycles. The summed E-state index contributed by atoms with van der Waals surface area (Å²) in [4.78, 5) is 32.5. The Labute approximate surface area is 68.9 Å². The molecule has 1 aliphatic rings. The van der Waals surface area contributed by atoms with E-state index in [4.69, 9.17) is 0 Å². The van der Waals surface area contributed by atoms with Gasteiger partial charge in [-0.15, -0.1) is 0 Å². The van der Waals surface area contributed by atoms with Crippen molar-refractivity contribution in [1.29, 1.82) is 0 Å². The maximum atomic E-state index is 11.0. The molecule has 4 nitrogen and oxygen atoms in total. The van der Waals surface area contributed by atoms with Crippen LogP contribution in [0.2, 0.25) is 0 Å². The van der Waals surface area contributed by atoms with Gasteiger partial charge < -0.3 is 0 Å². The molecule has 12 heavy (non-hydrogen) atoms. The number of rotatable bonds is 2. The van der Waals surface area contributed by atoms with Crippen molar-refractivity contribution in [1.82, 2.24) is 5.32 Å². The number of carbonyl (C=O) groups is 3. The van der Waals surface area contributed by atoms with Crippen LogP contribution in [-0.4, -0.2) is 17.6 Å². The highest BCUT2D eigenvalue weighted by molar-refractivity contribution is 6.32. The molecule has 1 aliphatic heterocycles. The van der Waals surface area contributed by atoms with Crippen molar-refractivity contribution in [3.63, 3.8) is 0 Å². The van der Waals surface area contributed by atoms with E-state index in [0.717, 1.165) is 6.08 Å². The van der Waals surface area contributed by atoms with Gasteiger partial charge in [-0.3, -0.25) is 19.7 Å². The summed E-state index contributed by atoms with van der Waals surface area (Å²) in [6.07, 6.45) is 3.76. The molecule has 0 aromatic heterocycles. The lowest BCUT2D eigenvalue weighted by Crippen LogP contribution is -2.23. The van der Waals surface area contributed by atoms with Gasteiger partial charge in [0.05, 0.1) is 5.57 Å². The first-order valence-electron chi connectivity index (χ1n) is 3.39. The third kappa shape index (κ3) is 1.47. The van der Waals surface area contributed by atoms with Crippen molar-refractivity contribution >= 4 is 17.6 Å². The number of allylic oxidation sites excluding steroid dienone is 2. The average molecular weight is 165 g/mol. The van der Waals surface area contributed by atoms with Gasteiger partial charge in [0.2, 0.25) is 0 Å². The average Bonchev–Trinajstić information content (AvgIpc) is 2.30. The molecule has 1 N–H and O–H groups in total. The minimum absolute atomic E-state index is 0.0990. The maximum Gasteiger partial charge on any atom is 0.262 e. The predicted molar refractivity (Wildman–Crippen MR) is 41.1 cm³/mol. The van der Waals surface area contributed by atoms with Crippen molar-refractivity contribution in [3.05, 3.63) is 23.8 Å². The highest BCUT2D eigenvalue weighted by atomic mass is 16.2. The molecule has 1 heterocycles. The quantitative estimate of drug-likeness (QED) is 0.347. The Morgan fingerprint density at radius 1 is 1.50 bits per heavy atom. The number of amides is 2. The van der Waals surface area contributed by atoms with Crippen molar-refractivity contribution in [3.8, 4) is 0 Å². The Kier molecular flexibility index (Phi) is 2.19. The van der Waals surface area contributed by atoms with Crippen molar-refractivity contribution in [2.45, 2.75) is 6.92 Å². The minimum Gasteiger partial charge on any atom is -0.289 e. The van der Waals surface area contributed by atoms with E-state index in [2.05, 4.69) is 0 Å². The predicted octanol–water partition coefficient (Wildman–Crippen LogP) is -0.286. The summed E-state index contributed by atoms with van der Waals surface area (Å²) >= 11 is 0. The lowest BCUT2D eigenvalue weighted by Gasteiger charge is -1.90. The van der Waals surface area contributed by atoms with E-state index >= 15 is 0 Å². The second-order valence-electron chi connectivity index (χ2n) is 2.24. The summed E-state index contributed by atoms with van der Waals surface area (Å²) in [6, 6.07) is 0. The van der Waals surface area contributed by atoms with Crippen LogP contribution in [0.15, 0.2) is 23.8 Å². The van der Waals surface area contributed by atoms with Gasteiger partial charge in [-0.05, 0) is 13.0 Å². The van der Waals surface area contributed by atoms with Crippen LogP contribution in [0, 0.1) is 0 Å². The summed E-state index contributed by atoms with van der Waals surface area (Å²) < 4.78 is 0. The second-order valence-corrected chi connectivity index (χ2v) is 2.24. The molecular weight excluding hydrogens is 158 g/mol. The third-order valence-corrected chi connectivity index (χ3v) is 1.34. The third-order valence-electron chi connectivity index (χ3n) is 1.34. The largest absolute Gasteiger partial charge is 0.289 e. The molecule has 0 spiro atoms. The van der Waals surface area contributed by atoms with Crippen molar-refractivity contribution in [2.75, 3.05) is 0 Å². The normalized spacial score (nSPS) is 16.6. The van der Waals surface area contributed by atoms with Crippen LogP contribution >= 0.6 is 0 Å². The number of ketones is 1. The topological polar surface area (TPSA) is 63.2 Å². The van der Waals surface area contributed by atoms with Crippen LogP contribution in [-0.2, 0) is 14.4 Å². The minimum atomic E-state index is -0.622. The molecule has 0 bridgehead atoms. The van der Waals surface area contributed by atoms with E-state index in [1.807, 2.05) is 5.32 Å². The molecule has 0 radical (unpaired) electrons. The Morgan fingerprint density at radius 3 is 2.58 bits per heavy atom. The molecular formula is C8H7NO3. The smallest absolute Gasteiger partial charge is 0.262 e. The highest BCUT2D eigenvalue weighted by Crippen LogP contribution is 2.04. The zero-order valence-electron chi connectivity index (χ0n) is 6.46. The highest BCUT2D eigenvalue weighted by Gasteiger charge is 2.24. The van der Waals surface area contributed by atoms with Crippen LogP contribution in [0.4, 0.5) is 0 Å². The molecule has 4 heteroatoms. The zero-order valence-corrected chi connectivity index (χ0v) is 6.46. The Bertz CT molecular complexity index is 312. The molecule has 0 atom stereocenters. The molecule has 1 rings (SSSR count). The van der Waals surface area contributed by atoms with Crippen LogP contribution < -0.4 is 5.32 Å². The van der Waals surface area contributed by atoms with Gasteiger partial charge in [-0.25, -0.2) is 0 Å². The molecule has 0 aromatic carbocycles. The van der Waals surface area contributed by atoms with E-state index in [1.54, 1.807) is 6.92 Å². The van der Waals surface area contributed by atoms with Crippen LogP contribution in [0.5, 0.6) is 0 Å². The van der Waals surface area contributed by atoms with E-state index in [9.17, 15) is 14.4 Å². The van der Waals surface area contributed by atoms with Crippen LogP contribution in [0.25, 0.3) is 0 Å². The summed E-state index contributed by atoms with van der Waals surface area (Å²) in [7, 11) is 0. The molecule has 0 fully saturated rings. The van der Waals surface area contributed by atoms with Gasteiger partial charge in [0.15, 0.2) is 5.78 Å². The number of nitrogens with one attached hydrogen (secondary N) is 1. The number of hydrogen-bond acceptors (Lipinski definition) is 3. The SMILES string of the molecule is C/C=C/C(=O)C1=CC(=O)NC1=O. The van der Waals surface area contributed by atoms with E-state index < -0.39 is 17.6 Å². The summed E-state index contributed by atoms with van der Waals surface area (Å²) in [5, 5.41) is 1.98. The van der Waals surface area contributed by atoms with E-state index in [1.165, 1.54) is 12.2 Å². The lowest BCUT2D eigenvalue weighted by molar-refractivity contribution is -0.124. The fraction of sp³-hybridized carbons (Fsp3) is 0.125. The van der Waals surface area contributed by atoms with Crippen LogP contribution in [0.1, 0.15) is 6.92 Å². The molecule has 2 amide bonds. The van der Waals surface area contributed by atoms with E-state index in [0.29, 0.717) is 0 Å². The molecule has 0 unspecified atom stereocenters. The summed E-state index contributed by atoms with van der Waals surface area (Å²) in [5.41, 5.74) is -0.0990. The number of carbonyl (C=O) groups excluding carboxylic acids is 3. The first-order valence-corrected chi connectivity index (χ1v) is 3.39. The van der Waals surface area contributed by atoms with Crippen LogP contribution in [0.3, 0.4) is 0 Å². The van der Waals surface area contributed by atoms with Gasteiger partial charge >= 0.3 is 0 Å². The first kappa shape index (κ1) is 8.39. The molecule has 0 aromatic rings. The molecule has 62 valence electrons. The second kappa shape index (κ2) is 3.13. The Morgan fingerprint density at radius 2 is 2.17 bits per heavy atom. The molecule has 0 saturated carbocycles. The van der Waals surface area contributed by atoms with Gasteiger partial charge in [0.25, 0.3) is 11.8 Å². The fourth-order valence-corrected chi connectivity index (χ4v) is 0.836. The maximum absolute atomic E-state index is 11.0. The fourth-order valence-electron chi connectivity index (χ4n) is 0.836. The van der Waals surface area contributed by atoms with Gasteiger partial charge in [-0.2, -0.15) is 0 Å². The first-order chi connectivity index (χ1) is 5.65. The molecule has 0 aliphatic carbocycles. The van der Waals surface area contributed by atoms with Crippen molar-refractivity contribution < 1.29 is 14.4 Å². The standard InChI is InChI=1S/C8H7NO3/c1-2-3-6(10)5-4-7(11)9-8(5)12/h2-4H,1H3,(H,9,11,12)/b3-2+. The van der Waals surface area contributed by atoms with Gasteiger partial charge in [0, 0.05) is 6.08 Å². The number of imide groups is 1. The summed E-state index contributed by atoms with van der Waals surface area (Å²) in [6.45, 7) is 1.66.